The van der Waals surface area contributed by atoms with Crippen molar-refractivity contribution in [2.75, 3.05) is 18.4 Å². The Balaban J connectivity index is 1.67. The molecule has 0 unspecified atom stereocenters. The van der Waals surface area contributed by atoms with Gasteiger partial charge >= 0.3 is 0 Å². The first-order chi connectivity index (χ1) is 13.4. The minimum Gasteiger partial charge on any atom is -0.369 e. The number of primary amides is 1. The number of carbonyl (C=O) groups excluding carboxylic acids is 3. The van der Waals surface area contributed by atoms with Crippen LogP contribution in [-0.2, 0) is 9.59 Å². The van der Waals surface area contributed by atoms with Gasteiger partial charge in [0.05, 0.1) is 15.0 Å². The lowest BCUT2D eigenvalue weighted by Gasteiger charge is -2.31. The highest BCUT2D eigenvalue weighted by Crippen LogP contribution is 2.24. The quantitative estimate of drug-likeness (QED) is 0.667. The van der Waals surface area contributed by atoms with E-state index in [0.29, 0.717) is 37.2 Å². The van der Waals surface area contributed by atoms with Crippen LogP contribution in [0.15, 0.2) is 46.3 Å². The summed E-state index contributed by atoms with van der Waals surface area (Å²) in [5, 5.41) is 2.78. The largest absolute Gasteiger partial charge is 0.369 e. The number of anilines is 1. The number of amides is 3. The topological polar surface area (TPSA) is 92.5 Å². The number of piperidine rings is 1. The lowest BCUT2D eigenvalue weighted by Crippen LogP contribution is -2.42. The average Bonchev–Trinajstić information content (AvgIpc) is 3.11. The molecule has 8 heteroatoms. The number of hydrogen-bond donors (Lipinski definition) is 2. The average molecular weight is 462 g/mol. The number of nitrogens with two attached hydrogens (primary N) is 1. The molecule has 146 valence electrons. The van der Waals surface area contributed by atoms with Crippen LogP contribution in [0.1, 0.15) is 28.1 Å². The van der Waals surface area contributed by atoms with E-state index in [0.717, 1.165) is 8.66 Å². The third-order valence-corrected chi connectivity index (χ3v) is 6.18. The molecule has 0 atom stereocenters. The Morgan fingerprint density at radius 2 is 1.86 bits per heavy atom. The Morgan fingerprint density at radius 1 is 1.14 bits per heavy atom. The molecule has 1 aromatic heterocycles. The van der Waals surface area contributed by atoms with Gasteiger partial charge in [0.15, 0.2) is 0 Å². The molecular formula is C20H20BrN3O3S. The molecule has 6 nitrogen and oxygen atoms in total. The molecule has 3 N–H and O–H groups in total. The van der Waals surface area contributed by atoms with Crippen molar-refractivity contribution >= 4 is 56.8 Å². The number of thiophene rings is 1. The first kappa shape index (κ1) is 20.3. The van der Waals surface area contributed by atoms with Crippen LogP contribution in [0.5, 0.6) is 0 Å². The molecular weight excluding hydrogens is 442 g/mol. The molecule has 3 amide bonds. The molecule has 1 saturated heterocycles. The Hall–Kier alpha value is -2.45. The number of nitrogens with one attached hydrogen (secondary N) is 1. The lowest BCUT2D eigenvalue weighted by atomic mass is 9.95. The second-order valence-electron chi connectivity index (χ2n) is 6.48. The maximum absolute atomic E-state index is 12.9. The molecule has 0 saturated carbocycles. The minimum absolute atomic E-state index is 0.162. The minimum atomic E-state index is -0.315. The number of nitrogens with zero attached hydrogens (tertiary/aromatic N) is 1. The van der Waals surface area contributed by atoms with Crippen molar-refractivity contribution in [2.45, 2.75) is 12.8 Å². The van der Waals surface area contributed by atoms with Crippen LogP contribution in [0.25, 0.3) is 6.08 Å². The number of carbonyl (C=O) groups is 3. The fourth-order valence-corrected chi connectivity index (χ4v) is 4.39. The third kappa shape index (κ3) is 5.08. The predicted octanol–water partition coefficient (Wildman–Crippen LogP) is 3.50. The zero-order valence-electron chi connectivity index (χ0n) is 15.1. The van der Waals surface area contributed by atoms with Gasteiger partial charge in [-0.2, -0.15) is 0 Å². The van der Waals surface area contributed by atoms with E-state index in [2.05, 4.69) is 21.2 Å². The summed E-state index contributed by atoms with van der Waals surface area (Å²) in [6, 6.07) is 10.8. The SMILES string of the molecule is NC(=O)C1CCN(C(=O)c2ccccc2NC(=O)/C=C/c2ccc(Br)s2)CC1. The molecule has 28 heavy (non-hydrogen) atoms. The molecule has 1 aliphatic heterocycles. The van der Waals surface area contributed by atoms with E-state index in [-0.39, 0.29) is 23.6 Å². The van der Waals surface area contributed by atoms with Gasteiger partial charge in [-0.3, -0.25) is 14.4 Å². The van der Waals surface area contributed by atoms with Gasteiger partial charge < -0.3 is 16.0 Å². The van der Waals surface area contributed by atoms with Gasteiger partial charge in [-0.05, 0) is 59.1 Å². The third-order valence-electron chi connectivity index (χ3n) is 4.59. The van der Waals surface area contributed by atoms with Gasteiger partial charge in [0, 0.05) is 30.0 Å². The summed E-state index contributed by atoms with van der Waals surface area (Å²) in [4.78, 5) is 39.1. The maximum atomic E-state index is 12.9. The summed E-state index contributed by atoms with van der Waals surface area (Å²) >= 11 is 4.91. The predicted molar refractivity (Wildman–Crippen MR) is 114 cm³/mol. The smallest absolute Gasteiger partial charge is 0.255 e. The van der Waals surface area contributed by atoms with Crippen molar-refractivity contribution in [3.05, 3.63) is 56.7 Å². The normalized spacial score (nSPS) is 15.0. The fraction of sp³-hybridized carbons (Fsp3) is 0.250. The highest BCUT2D eigenvalue weighted by Gasteiger charge is 2.27. The molecule has 1 aliphatic rings. The first-order valence-corrected chi connectivity index (χ1v) is 10.5. The summed E-state index contributed by atoms with van der Waals surface area (Å²) in [6.45, 7) is 0.948. The Bertz CT molecular complexity index is 917. The van der Waals surface area contributed by atoms with Crippen molar-refractivity contribution in [2.24, 2.45) is 11.7 Å². The van der Waals surface area contributed by atoms with E-state index in [4.69, 9.17) is 5.73 Å². The van der Waals surface area contributed by atoms with Crippen molar-refractivity contribution in [1.29, 1.82) is 0 Å². The van der Waals surface area contributed by atoms with Gasteiger partial charge in [0.25, 0.3) is 5.91 Å². The lowest BCUT2D eigenvalue weighted by molar-refractivity contribution is -0.123. The van der Waals surface area contributed by atoms with Crippen LogP contribution in [0, 0.1) is 5.92 Å². The number of halogens is 1. The molecule has 1 fully saturated rings. The molecule has 0 radical (unpaired) electrons. The number of benzene rings is 1. The second-order valence-corrected chi connectivity index (χ2v) is 8.97. The summed E-state index contributed by atoms with van der Waals surface area (Å²) in [5.41, 5.74) is 6.25. The van der Waals surface area contributed by atoms with Crippen molar-refractivity contribution in [3.63, 3.8) is 0 Å². The van der Waals surface area contributed by atoms with E-state index in [1.807, 2.05) is 12.1 Å². The van der Waals surface area contributed by atoms with Crippen LogP contribution in [-0.4, -0.2) is 35.7 Å². The van der Waals surface area contributed by atoms with Crippen molar-refractivity contribution in [1.82, 2.24) is 4.90 Å². The van der Waals surface area contributed by atoms with Crippen LogP contribution in [0.3, 0.4) is 0 Å². The Labute approximate surface area is 175 Å². The van der Waals surface area contributed by atoms with Gasteiger partial charge in [0.1, 0.15) is 0 Å². The summed E-state index contributed by atoms with van der Waals surface area (Å²) in [6.07, 6.45) is 4.30. The van der Waals surface area contributed by atoms with E-state index in [1.54, 1.807) is 35.2 Å². The zero-order valence-corrected chi connectivity index (χ0v) is 17.5. The van der Waals surface area contributed by atoms with Gasteiger partial charge in [-0.1, -0.05) is 12.1 Å². The van der Waals surface area contributed by atoms with Gasteiger partial charge in [-0.15, -0.1) is 11.3 Å². The second kappa shape index (κ2) is 9.16. The van der Waals surface area contributed by atoms with E-state index < -0.39 is 0 Å². The molecule has 2 aromatic rings. The number of hydrogen-bond acceptors (Lipinski definition) is 4. The van der Waals surface area contributed by atoms with Gasteiger partial charge in [-0.25, -0.2) is 0 Å². The monoisotopic (exact) mass is 461 g/mol. The molecule has 0 bridgehead atoms. The highest BCUT2D eigenvalue weighted by molar-refractivity contribution is 9.11. The summed E-state index contributed by atoms with van der Waals surface area (Å²) in [7, 11) is 0. The van der Waals surface area contributed by atoms with E-state index in [1.165, 1.54) is 17.4 Å². The van der Waals surface area contributed by atoms with Crippen molar-refractivity contribution < 1.29 is 14.4 Å². The highest BCUT2D eigenvalue weighted by atomic mass is 79.9. The molecule has 0 aliphatic carbocycles. The van der Waals surface area contributed by atoms with Gasteiger partial charge in [0.2, 0.25) is 11.8 Å². The summed E-state index contributed by atoms with van der Waals surface area (Å²) < 4.78 is 0.989. The van der Waals surface area contributed by atoms with Crippen LogP contribution in [0.2, 0.25) is 0 Å². The standard InChI is InChI=1S/C20H20BrN3O3S/c21-17-7-5-14(28-17)6-8-18(25)23-16-4-2-1-3-15(16)20(27)24-11-9-13(10-12-24)19(22)26/h1-8,13H,9-12H2,(H2,22,26)(H,23,25)/b8-6+. The fourth-order valence-electron chi connectivity index (χ4n) is 3.07. The number of likely N-dealkylation sites (tertiary alicyclic amines) is 1. The Kier molecular flexibility index (Phi) is 6.64. The Morgan fingerprint density at radius 3 is 2.50 bits per heavy atom. The molecule has 3 rings (SSSR count). The maximum Gasteiger partial charge on any atom is 0.255 e. The number of para-hydroxylation sites is 1. The van der Waals surface area contributed by atoms with Crippen LogP contribution < -0.4 is 11.1 Å². The molecule has 0 spiro atoms. The van der Waals surface area contributed by atoms with E-state index in [9.17, 15) is 14.4 Å². The van der Waals surface area contributed by atoms with Crippen molar-refractivity contribution in [3.8, 4) is 0 Å². The number of rotatable bonds is 5. The zero-order chi connectivity index (χ0) is 20.1. The van der Waals surface area contributed by atoms with Crippen LogP contribution in [0.4, 0.5) is 5.69 Å². The van der Waals surface area contributed by atoms with E-state index >= 15 is 0 Å². The van der Waals surface area contributed by atoms with Crippen LogP contribution >= 0.6 is 27.3 Å². The first-order valence-electron chi connectivity index (χ1n) is 8.86. The summed E-state index contributed by atoms with van der Waals surface area (Å²) in [5.74, 6) is -0.965. The molecule has 1 aromatic carbocycles. The molecule has 2 heterocycles.